The number of amides is 1. The number of aryl methyl sites for hydroxylation is 1. The van der Waals surface area contributed by atoms with Crippen LogP contribution in [0.25, 0.3) is 11.0 Å². The molecule has 0 radical (unpaired) electrons. The number of aromatic nitrogens is 2. The van der Waals surface area contributed by atoms with Crippen LogP contribution in [0.2, 0.25) is 0 Å². The predicted octanol–water partition coefficient (Wildman–Crippen LogP) is 5.64. The summed E-state index contributed by atoms with van der Waals surface area (Å²) in [5.74, 6) is 1.10. The Hall–Kier alpha value is -1.84. The minimum absolute atomic E-state index is 0.0207. The minimum Gasteiger partial charge on any atom is -0.356 e. The van der Waals surface area contributed by atoms with Crippen LogP contribution in [0.3, 0.4) is 0 Å². The van der Waals surface area contributed by atoms with Crippen molar-refractivity contribution in [1.82, 2.24) is 14.9 Å². The molecule has 1 aromatic heterocycles. The molecule has 1 amide bonds. The van der Waals surface area contributed by atoms with Gasteiger partial charge in [-0.25, -0.2) is 4.98 Å². The molecule has 2 aromatic rings. The van der Waals surface area contributed by atoms with Gasteiger partial charge in [-0.2, -0.15) is 0 Å². The molecule has 0 saturated heterocycles. The molecule has 1 heterocycles. The molecule has 4 heteroatoms. The third-order valence-corrected chi connectivity index (χ3v) is 5.19. The molecule has 0 aliphatic heterocycles. The lowest BCUT2D eigenvalue weighted by atomic mass is 10.1. The number of carbonyl (C=O) groups excluding carboxylic acids is 1. The number of nitrogens with one attached hydrogen (secondary N) is 1. The Morgan fingerprint density at radius 2 is 1.59 bits per heavy atom. The van der Waals surface area contributed by atoms with Crippen LogP contribution in [-0.4, -0.2) is 22.0 Å². The summed E-state index contributed by atoms with van der Waals surface area (Å²) in [6.07, 6.45) is 14.3. The van der Waals surface area contributed by atoms with Crippen molar-refractivity contribution >= 4 is 16.9 Å². The topological polar surface area (TPSA) is 46.9 Å². The van der Waals surface area contributed by atoms with Gasteiger partial charge >= 0.3 is 0 Å². The fourth-order valence-electron chi connectivity index (χ4n) is 3.67. The molecule has 2 rings (SSSR count). The molecule has 4 nitrogen and oxygen atoms in total. The lowest BCUT2D eigenvalue weighted by Gasteiger charge is -2.10. The van der Waals surface area contributed by atoms with Gasteiger partial charge < -0.3 is 9.88 Å². The van der Waals surface area contributed by atoms with E-state index in [0.717, 1.165) is 24.3 Å². The third-order valence-electron chi connectivity index (χ3n) is 5.19. The fraction of sp³-hybridized carbons (Fsp3) is 0.652. The molecular weight excluding hydrogens is 334 g/mol. The highest BCUT2D eigenvalue weighted by Gasteiger charge is 2.10. The predicted molar refractivity (Wildman–Crippen MR) is 114 cm³/mol. The highest BCUT2D eigenvalue weighted by molar-refractivity contribution is 5.76. The first-order valence-corrected chi connectivity index (χ1v) is 10.9. The number of hydrogen-bond acceptors (Lipinski definition) is 2. The van der Waals surface area contributed by atoms with Crippen molar-refractivity contribution in [3.8, 4) is 0 Å². The van der Waals surface area contributed by atoms with E-state index in [-0.39, 0.29) is 5.91 Å². The quantitative estimate of drug-likeness (QED) is 0.437. The van der Waals surface area contributed by atoms with Crippen molar-refractivity contribution in [3.05, 3.63) is 30.1 Å². The minimum atomic E-state index is 0.0207. The Kier molecular flexibility index (Phi) is 9.96. The standard InChI is InChI=1S/C23H37N3O/c1-3-4-5-6-7-8-9-10-11-14-19-26-22-16-13-12-15-21(22)25-23(26)17-18-24-20(2)27/h12-13,15-16H,3-11,14,17-19H2,1-2H3,(H,24,27). The summed E-state index contributed by atoms with van der Waals surface area (Å²) in [7, 11) is 0. The molecule has 0 fully saturated rings. The molecule has 0 bridgehead atoms. The zero-order valence-corrected chi connectivity index (χ0v) is 17.3. The number of carbonyl (C=O) groups is 1. The van der Waals surface area contributed by atoms with Crippen LogP contribution in [0.1, 0.15) is 83.9 Å². The highest BCUT2D eigenvalue weighted by atomic mass is 16.1. The molecule has 1 aromatic carbocycles. The Bertz CT molecular complexity index is 677. The monoisotopic (exact) mass is 371 g/mol. The van der Waals surface area contributed by atoms with E-state index in [4.69, 9.17) is 4.98 Å². The summed E-state index contributed by atoms with van der Waals surface area (Å²) in [5, 5.41) is 2.88. The van der Waals surface area contributed by atoms with E-state index in [1.165, 1.54) is 69.7 Å². The van der Waals surface area contributed by atoms with Crippen LogP contribution in [0.5, 0.6) is 0 Å². The SMILES string of the molecule is CCCCCCCCCCCCn1c(CCNC(C)=O)nc2ccccc21. The fourth-order valence-corrected chi connectivity index (χ4v) is 3.67. The third kappa shape index (κ3) is 7.74. The van der Waals surface area contributed by atoms with E-state index in [0.29, 0.717) is 6.54 Å². The van der Waals surface area contributed by atoms with Crippen molar-refractivity contribution in [1.29, 1.82) is 0 Å². The zero-order valence-electron chi connectivity index (χ0n) is 17.3. The summed E-state index contributed by atoms with van der Waals surface area (Å²) >= 11 is 0. The van der Waals surface area contributed by atoms with Crippen molar-refractivity contribution in [3.63, 3.8) is 0 Å². The Labute approximate surface area is 164 Å². The smallest absolute Gasteiger partial charge is 0.216 e. The molecular formula is C23H37N3O. The normalized spacial score (nSPS) is 11.2. The van der Waals surface area contributed by atoms with Crippen LogP contribution in [0.15, 0.2) is 24.3 Å². The highest BCUT2D eigenvalue weighted by Crippen LogP contribution is 2.18. The van der Waals surface area contributed by atoms with Gasteiger partial charge in [-0.1, -0.05) is 76.8 Å². The van der Waals surface area contributed by atoms with Gasteiger partial charge in [-0.15, -0.1) is 0 Å². The lowest BCUT2D eigenvalue weighted by Crippen LogP contribution is -2.23. The number of unbranched alkanes of at least 4 members (excludes halogenated alkanes) is 9. The van der Waals surface area contributed by atoms with E-state index in [1.54, 1.807) is 6.92 Å². The van der Waals surface area contributed by atoms with Crippen LogP contribution in [0.4, 0.5) is 0 Å². The van der Waals surface area contributed by atoms with Gasteiger partial charge in [-0.05, 0) is 18.6 Å². The van der Waals surface area contributed by atoms with Crippen molar-refractivity contribution in [2.45, 2.75) is 91.0 Å². The van der Waals surface area contributed by atoms with Gasteiger partial charge in [0.1, 0.15) is 5.82 Å². The molecule has 0 unspecified atom stereocenters. The second kappa shape index (κ2) is 12.5. The summed E-state index contributed by atoms with van der Waals surface area (Å²) < 4.78 is 2.35. The van der Waals surface area contributed by atoms with Crippen LogP contribution >= 0.6 is 0 Å². The number of fused-ring (bicyclic) bond motifs is 1. The van der Waals surface area contributed by atoms with E-state index in [9.17, 15) is 4.79 Å². The summed E-state index contributed by atoms with van der Waals surface area (Å²) in [6, 6.07) is 8.35. The number of benzene rings is 1. The summed E-state index contributed by atoms with van der Waals surface area (Å²) in [5.41, 5.74) is 2.27. The second-order valence-electron chi connectivity index (χ2n) is 7.58. The van der Waals surface area contributed by atoms with Gasteiger partial charge in [0, 0.05) is 26.4 Å². The largest absolute Gasteiger partial charge is 0.356 e. The first kappa shape index (κ1) is 21.5. The number of hydrogen-bond donors (Lipinski definition) is 1. The van der Waals surface area contributed by atoms with Gasteiger partial charge in [-0.3, -0.25) is 4.79 Å². The average molecular weight is 372 g/mol. The maximum absolute atomic E-state index is 11.1. The summed E-state index contributed by atoms with van der Waals surface area (Å²) in [6.45, 7) is 5.50. The first-order valence-electron chi connectivity index (χ1n) is 10.9. The van der Waals surface area contributed by atoms with Crippen LogP contribution in [-0.2, 0) is 17.8 Å². The second-order valence-corrected chi connectivity index (χ2v) is 7.58. The molecule has 0 aliphatic rings. The van der Waals surface area contributed by atoms with E-state index >= 15 is 0 Å². The van der Waals surface area contributed by atoms with Crippen molar-refractivity contribution in [2.75, 3.05) is 6.54 Å². The summed E-state index contributed by atoms with van der Waals surface area (Å²) in [4.78, 5) is 15.9. The van der Waals surface area contributed by atoms with Crippen molar-refractivity contribution in [2.24, 2.45) is 0 Å². The van der Waals surface area contributed by atoms with Gasteiger partial charge in [0.05, 0.1) is 11.0 Å². The number of nitrogens with zero attached hydrogens (tertiary/aromatic N) is 2. The lowest BCUT2D eigenvalue weighted by molar-refractivity contribution is -0.118. The van der Waals surface area contributed by atoms with E-state index in [1.807, 2.05) is 6.07 Å². The molecule has 150 valence electrons. The molecule has 0 spiro atoms. The first-order chi connectivity index (χ1) is 13.2. The Morgan fingerprint density at radius 1 is 0.963 bits per heavy atom. The maximum Gasteiger partial charge on any atom is 0.216 e. The Balaban J connectivity index is 1.75. The molecule has 0 saturated carbocycles. The number of imidazole rings is 1. The Morgan fingerprint density at radius 3 is 2.26 bits per heavy atom. The van der Waals surface area contributed by atoms with Gasteiger partial charge in [0.25, 0.3) is 0 Å². The zero-order chi connectivity index (χ0) is 19.3. The number of rotatable bonds is 14. The molecule has 0 atom stereocenters. The van der Waals surface area contributed by atoms with Crippen molar-refractivity contribution < 1.29 is 4.79 Å². The van der Waals surface area contributed by atoms with E-state index in [2.05, 4.69) is 35.0 Å². The van der Waals surface area contributed by atoms with Gasteiger partial charge in [0.15, 0.2) is 0 Å². The molecule has 1 N–H and O–H groups in total. The average Bonchev–Trinajstić information content (AvgIpc) is 3.00. The van der Waals surface area contributed by atoms with Gasteiger partial charge in [0.2, 0.25) is 5.91 Å². The van der Waals surface area contributed by atoms with Crippen LogP contribution < -0.4 is 5.32 Å². The van der Waals surface area contributed by atoms with Crippen LogP contribution in [0, 0.1) is 0 Å². The van der Waals surface area contributed by atoms with E-state index < -0.39 is 0 Å². The molecule has 0 aliphatic carbocycles. The maximum atomic E-state index is 11.1. The number of para-hydroxylation sites is 2. The molecule has 27 heavy (non-hydrogen) atoms.